The number of ether oxygens (including phenoxy) is 3. The Labute approximate surface area is 148 Å². The van der Waals surface area contributed by atoms with Crippen molar-refractivity contribution in [3.63, 3.8) is 0 Å². The minimum absolute atomic E-state index is 0.232. The van der Waals surface area contributed by atoms with Crippen LogP contribution in [0.3, 0.4) is 0 Å². The van der Waals surface area contributed by atoms with E-state index in [1.165, 1.54) is 7.11 Å². The third-order valence-electron chi connectivity index (χ3n) is 4.07. The summed E-state index contributed by atoms with van der Waals surface area (Å²) >= 11 is 0. The van der Waals surface area contributed by atoms with Gasteiger partial charge in [0.05, 0.1) is 20.3 Å². The van der Waals surface area contributed by atoms with Gasteiger partial charge in [0.1, 0.15) is 11.3 Å². The van der Waals surface area contributed by atoms with Crippen molar-refractivity contribution in [2.24, 2.45) is 0 Å². The maximum Gasteiger partial charge on any atom is 0.409 e. The lowest BCUT2D eigenvalue weighted by molar-refractivity contribution is 0.0594. The number of esters is 1. The number of carbonyl (C=O) groups excluding carboxylic acids is 2. The van der Waals surface area contributed by atoms with Gasteiger partial charge in [-0.1, -0.05) is 12.1 Å². The number of hydrogen-bond acceptors (Lipinski definition) is 6. The predicted octanol–water partition coefficient (Wildman–Crippen LogP) is 2.02. The van der Waals surface area contributed by atoms with Crippen molar-refractivity contribution >= 4 is 12.1 Å². The minimum Gasteiger partial charge on any atom is -0.493 e. The van der Waals surface area contributed by atoms with Crippen molar-refractivity contribution in [1.82, 2.24) is 9.80 Å². The van der Waals surface area contributed by atoms with E-state index in [-0.39, 0.29) is 6.09 Å². The van der Waals surface area contributed by atoms with Crippen LogP contribution >= 0.6 is 0 Å². The summed E-state index contributed by atoms with van der Waals surface area (Å²) in [7, 11) is 1.36. The highest BCUT2D eigenvalue weighted by Gasteiger charge is 2.21. The van der Waals surface area contributed by atoms with E-state index in [2.05, 4.69) is 4.90 Å². The molecule has 1 heterocycles. The van der Waals surface area contributed by atoms with E-state index < -0.39 is 5.97 Å². The van der Waals surface area contributed by atoms with Crippen molar-refractivity contribution in [1.29, 1.82) is 0 Å². The first-order valence-corrected chi connectivity index (χ1v) is 8.60. The van der Waals surface area contributed by atoms with E-state index in [0.717, 1.165) is 26.1 Å². The molecule has 1 saturated heterocycles. The standard InChI is InChI=1S/C18H26N2O5/c1-3-24-18(22)20-12-10-19(11-13-20)9-6-14-25-16-8-5-4-7-15(16)17(21)23-2/h4-5,7-8H,3,6,9-14H2,1-2H3. The number of rotatable bonds is 7. The van der Waals surface area contributed by atoms with Gasteiger partial charge in [0.25, 0.3) is 0 Å². The highest BCUT2D eigenvalue weighted by molar-refractivity contribution is 5.92. The normalized spacial score (nSPS) is 14.9. The molecule has 2 rings (SSSR count). The monoisotopic (exact) mass is 350 g/mol. The molecule has 1 amide bonds. The van der Waals surface area contributed by atoms with E-state index in [9.17, 15) is 9.59 Å². The third kappa shape index (κ3) is 5.63. The number of hydrogen-bond donors (Lipinski definition) is 0. The molecule has 138 valence electrons. The molecule has 1 aromatic carbocycles. The van der Waals surface area contributed by atoms with Gasteiger partial charge >= 0.3 is 12.1 Å². The van der Waals surface area contributed by atoms with Crippen LogP contribution in [0.2, 0.25) is 0 Å². The third-order valence-corrected chi connectivity index (χ3v) is 4.07. The zero-order valence-electron chi connectivity index (χ0n) is 14.9. The van der Waals surface area contributed by atoms with Crippen LogP contribution in [0.25, 0.3) is 0 Å². The van der Waals surface area contributed by atoms with E-state index in [0.29, 0.717) is 37.6 Å². The van der Waals surface area contributed by atoms with Gasteiger partial charge in [0.2, 0.25) is 0 Å². The molecule has 0 unspecified atom stereocenters. The first-order chi connectivity index (χ1) is 12.2. The molecular formula is C18H26N2O5. The Morgan fingerprint density at radius 3 is 2.52 bits per heavy atom. The van der Waals surface area contributed by atoms with Crippen LogP contribution in [0.1, 0.15) is 23.7 Å². The number of amides is 1. The van der Waals surface area contributed by atoms with Gasteiger partial charge < -0.3 is 19.1 Å². The van der Waals surface area contributed by atoms with Gasteiger partial charge in [-0.25, -0.2) is 9.59 Å². The summed E-state index contributed by atoms with van der Waals surface area (Å²) in [4.78, 5) is 27.4. The molecule has 0 radical (unpaired) electrons. The molecule has 0 saturated carbocycles. The second-order valence-corrected chi connectivity index (χ2v) is 5.72. The maximum absolute atomic E-state index is 11.7. The smallest absolute Gasteiger partial charge is 0.409 e. The van der Waals surface area contributed by atoms with E-state index in [1.54, 1.807) is 23.1 Å². The van der Waals surface area contributed by atoms with E-state index >= 15 is 0 Å². The Balaban J connectivity index is 1.69. The second-order valence-electron chi connectivity index (χ2n) is 5.72. The molecule has 0 atom stereocenters. The van der Waals surface area contributed by atoms with Gasteiger partial charge in [-0.3, -0.25) is 4.90 Å². The number of benzene rings is 1. The Morgan fingerprint density at radius 1 is 1.12 bits per heavy atom. The quantitative estimate of drug-likeness (QED) is 0.554. The fourth-order valence-corrected chi connectivity index (χ4v) is 2.71. The van der Waals surface area contributed by atoms with Crippen LogP contribution < -0.4 is 4.74 Å². The van der Waals surface area contributed by atoms with Crippen LogP contribution in [0.15, 0.2) is 24.3 Å². The summed E-state index contributed by atoms with van der Waals surface area (Å²) in [5.41, 5.74) is 0.438. The Hall–Kier alpha value is -2.28. The average Bonchev–Trinajstić information content (AvgIpc) is 2.65. The Bertz CT molecular complexity index is 570. The average molecular weight is 350 g/mol. The van der Waals surface area contributed by atoms with Crippen molar-refractivity contribution in [3.05, 3.63) is 29.8 Å². The summed E-state index contributed by atoms with van der Waals surface area (Å²) in [6.45, 7) is 6.66. The van der Waals surface area contributed by atoms with Gasteiger partial charge in [0.15, 0.2) is 0 Å². The molecule has 0 N–H and O–H groups in total. The topological polar surface area (TPSA) is 68.3 Å². The highest BCUT2D eigenvalue weighted by atomic mass is 16.6. The van der Waals surface area contributed by atoms with E-state index in [1.807, 2.05) is 13.0 Å². The molecular weight excluding hydrogens is 324 g/mol. The predicted molar refractivity (Wildman–Crippen MR) is 92.9 cm³/mol. The Morgan fingerprint density at radius 2 is 1.84 bits per heavy atom. The second kappa shape index (κ2) is 9.88. The van der Waals surface area contributed by atoms with Gasteiger partial charge in [-0.15, -0.1) is 0 Å². The molecule has 1 aromatic rings. The number of piperazine rings is 1. The summed E-state index contributed by atoms with van der Waals surface area (Å²) in [6.07, 6.45) is 0.611. The molecule has 0 aliphatic carbocycles. The molecule has 25 heavy (non-hydrogen) atoms. The van der Waals surface area contributed by atoms with Crippen LogP contribution in [-0.4, -0.2) is 74.9 Å². The molecule has 1 fully saturated rings. The molecule has 1 aliphatic rings. The molecule has 7 heteroatoms. The first-order valence-electron chi connectivity index (χ1n) is 8.60. The van der Waals surface area contributed by atoms with Crippen LogP contribution in [0.4, 0.5) is 4.79 Å². The zero-order chi connectivity index (χ0) is 18.1. The molecule has 7 nitrogen and oxygen atoms in total. The molecule has 1 aliphatic heterocycles. The van der Waals surface area contributed by atoms with Crippen LogP contribution in [-0.2, 0) is 9.47 Å². The SMILES string of the molecule is CCOC(=O)N1CCN(CCCOc2ccccc2C(=O)OC)CC1. The van der Waals surface area contributed by atoms with Crippen molar-refractivity contribution in [2.75, 3.05) is 53.0 Å². The minimum atomic E-state index is -0.398. The van der Waals surface area contributed by atoms with E-state index in [4.69, 9.17) is 14.2 Å². The lowest BCUT2D eigenvalue weighted by atomic mass is 10.2. The largest absolute Gasteiger partial charge is 0.493 e. The summed E-state index contributed by atoms with van der Waals surface area (Å²) in [6, 6.07) is 7.07. The molecule has 0 bridgehead atoms. The van der Waals surface area contributed by atoms with Gasteiger partial charge in [0, 0.05) is 32.7 Å². The fourth-order valence-electron chi connectivity index (χ4n) is 2.71. The highest BCUT2D eigenvalue weighted by Crippen LogP contribution is 2.19. The van der Waals surface area contributed by atoms with Crippen molar-refractivity contribution in [2.45, 2.75) is 13.3 Å². The number of methoxy groups -OCH3 is 1. The Kier molecular flexibility index (Phi) is 7.53. The van der Waals surface area contributed by atoms with Gasteiger partial charge in [-0.05, 0) is 25.5 Å². The zero-order valence-corrected chi connectivity index (χ0v) is 14.9. The van der Waals surface area contributed by atoms with Crippen molar-refractivity contribution in [3.8, 4) is 5.75 Å². The summed E-state index contributed by atoms with van der Waals surface area (Å²) < 4.78 is 15.5. The molecule has 0 spiro atoms. The lowest BCUT2D eigenvalue weighted by Gasteiger charge is -2.33. The maximum atomic E-state index is 11.7. The van der Waals surface area contributed by atoms with Crippen LogP contribution in [0.5, 0.6) is 5.75 Å². The number of para-hydroxylation sites is 1. The summed E-state index contributed by atoms with van der Waals surface area (Å²) in [5, 5.41) is 0. The van der Waals surface area contributed by atoms with Crippen LogP contribution in [0, 0.1) is 0 Å². The summed E-state index contributed by atoms with van der Waals surface area (Å²) in [5.74, 6) is 0.146. The number of nitrogens with zero attached hydrogens (tertiary/aromatic N) is 2. The molecule has 0 aromatic heterocycles. The van der Waals surface area contributed by atoms with Gasteiger partial charge in [-0.2, -0.15) is 0 Å². The fraction of sp³-hybridized carbons (Fsp3) is 0.556. The lowest BCUT2D eigenvalue weighted by Crippen LogP contribution is -2.49. The van der Waals surface area contributed by atoms with Crippen molar-refractivity contribution < 1.29 is 23.8 Å². The number of carbonyl (C=O) groups is 2. The first kappa shape index (κ1) is 19.1.